The first-order chi connectivity index (χ1) is 16.5. The van der Waals surface area contributed by atoms with Gasteiger partial charge in [0.2, 0.25) is 0 Å². The maximum Gasteiger partial charge on any atom is 0.294 e. The van der Waals surface area contributed by atoms with Crippen molar-refractivity contribution < 1.29 is 13.9 Å². The van der Waals surface area contributed by atoms with Gasteiger partial charge in [0, 0.05) is 43.2 Å². The highest BCUT2D eigenvalue weighted by molar-refractivity contribution is 5.94. The average molecular weight is 459 g/mol. The van der Waals surface area contributed by atoms with E-state index in [-0.39, 0.29) is 17.3 Å². The summed E-state index contributed by atoms with van der Waals surface area (Å²) in [5, 5.41) is 9.89. The van der Waals surface area contributed by atoms with Crippen molar-refractivity contribution >= 4 is 17.3 Å². The van der Waals surface area contributed by atoms with Gasteiger partial charge in [-0.25, -0.2) is 9.07 Å². The predicted molar refractivity (Wildman–Crippen MR) is 126 cm³/mol. The van der Waals surface area contributed by atoms with Crippen LogP contribution in [0.1, 0.15) is 16.1 Å². The van der Waals surface area contributed by atoms with Crippen LogP contribution in [0.25, 0.3) is 0 Å². The SMILES string of the molecule is Cn1ncc(Oc2ccc(F)cc2)c(Nc2ccc(C(=O)NCCc3ccccn3)cc2)c1=O. The average Bonchev–Trinajstić information content (AvgIpc) is 2.86. The molecule has 2 aromatic carbocycles. The van der Waals surface area contributed by atoms with Gasteiger partial charge in [-0.2, -0.15) is 5.10 Å². The first-order valence-corrected chi connectivity index (χ1v) is 10.5. The molecular formula is C25H22FN5O3. The lowest BCUT2D eigenvalue weighted by atomic mass is 10.2. The standard InChI is InChI=1S/C25H22FN5O3/c1-31-25(33)23(22(16-29-31)34-21-11-7-18(26)8-12-21)30-20-9-5-17(6-10-20)24(32)28-15-13-19-4-2-3-14-27-19/h2-12,14,16,30H,13,15H2,1H3,(H,28,32). The van der Waals surface area contributed by atoms with Crippen LogP contribution in [0.4, 0.5) is 15.8 Å². The summed E-state index contributed by atoms with van der Waals surface area (Å²) >= 11 is 0. The maximum atomic E-state index is 13.2. The molecule has 0 radical (unpaired) electrons. The Kier molecular flexibility index (Phi) is 6.92. The Hall–Kier alpha value is -4.53. The van der Waals surface area contributed by atoms with E-state index in [1.165, 1.54) is 42.2 Å². The van der Waals surface area contributed by atoms with Gasteiger partial charge in [-0.3, -0.25) is 14.6 Å². The van der Waals surface area contributed by atoms with E-state index in [9.17, 15) is 14.0 Å². The van der Waals surface area contributed by atoms with Gasteiger partial charge < -0.3 is 15.4 Å². The molecule has 0 atom stereocenters. The Bertz CT molecular complexity index is 1320. The minimum atomic E-state index is -0.407. The molecule has 1 amide bonds. The number of aromatic nitrogens is 3. The molecule has 2 N–H and O–H groups in total. The van der Waals surface area contributed by atoms with Crippen molar-refractivity contribution in [2.45, 2.75) is 6.42 Å². The summed E-state index contributed by atoms with van der Waals surface area (Å²) in [5.74, 6) is -0.0560. The summed E-state index contributed by atoms with van der Waals surface area (Å²) in [4.78, 5) is 29.3. The summed E-state index contributed by atoms with van der Waals surface area (Å²) in [6.07, 6.45) is 3.75. The quantitative estimate of drug-likeness (QED) is 0.416. The Morgan fingerprint density at radius 2 is 1.82 bits per heavy atom. The zero-order valence-corrected chi connectivity index (χ0v) is 18.4. The highest BCUT2D eigenvalue weighted by Crippen LogP contribution is 2.28. The van der Waals surface area contributed by atoms with Crippen LogP contribution >= 0.6 is 0 Å². The number of anilines is 2. The van der Waals surface area contributed by atoms with Gasteiger partial charge in [0.15, 0.2) is 11.4 Å². The van der Waals surface area contributed by atoms with Gasteiger partial charge in [-0.05, 0) is 60.7 Å². The second kappa shape index (κ2) is 10.4. The summed E-state index contributed by atoms with van der Waals surface area (Å²) in [6.45, 7) is 0.465. The number of hydrogen-bond donors (Lipinski definition) is 2. The molecule has 0 spiro atoms. The second-order valence-corrected chi connectivity index (χ2v) is 7.40. The number of carbonyl (C=O) groups is 1. The number of nitrogens with zero attached hydrogens (tertiary/aromatic N) is 3. The molecule has 8 nitrogen and oxygen atoms in total. The van der Waals surface area contributed by atoms with E-state index < -0.39 is 11.4 Å². The van der Waals surface area contributed by atoms with Crippen LogP contribution in [-0.4, -0.2) is 27.2 Å². The topological polar surface area (TPSA) is 98.1 Å². The lowest BCUT2D eigenvalue weighted by Crippen LogP contribution is -2.25. The lowest BCUT2D eigenvalue weighted by molar-refractivity contribution is 0.0954. The Morgan fingerprint density at radius 1 is 1.06 bits per heavy atom. The molecule has 0 aliphatic carbocycles. The number of aryl methyl sites for hydroxylation is 1. The summed E-state index contributed by atoms with van der Waals surface area (Å²) in [5.41, 5.74) is 1.72. The maximum absolute atomic E-state index is 13.2. The number of amides is 1. The highest BCUT2D eigenvalue weighted by atomic mass is 19.1. The van der Waals surface area contributed by atoms with E-state index in [0.29, 0.717) is 30.0 Å². The molecule has 34 heavy (non-hydrogen) atoms. The number of carbonyl (C=O) groups excluding carboxylic acids is 1. The summed E-state index contributed by atoms with van der Waals surface area (Å²) < 4.78 is 20.1. The number of nitrogens with one attached hydrogen (secondary N) is 2. The molecule has 4 aromatic rings. The fourth-order valence-electron chi connectivity index (χ4n) is 3.15. The van der Waals surface area contributed by atoms with Gasteiger partial charge in [-0.1, -0.05) is 6.07 Å². The van der Waals surface area contributed by atoms with E-state index in [0.717, 1.165) is 5.69 Å². The van der Waals surface area contributed by atoms with Crippen molar-refractivity contribution in [3.63, 3.8) is 0 Å². The predicted octanol–water partition coefficient (Wildman–Crippen LogP) is 3.82. The minimum Gasteiger partial charge on any atom is -0.453 e. The third-order valence-corrected chi connectivity index (χ3v) is 4.95. The number of hydrogen-bond acceptors (Lipinski definition) is 6. The molecule has 172 valence electrons. The highest BCUT2D eigenvalue weighted by Gasteiger charge is 2.14. The fourth-order valence-corrected chi connectivity index (χ4v) is 3.15. The largest absolute Gasteiger partial charge is 0.453 e. The van der Waals surface area contributed by atoms with Crippen molar-refractivity contribution in [1.82, 2.24) is 20.1 Å². The van der Waals surface area contributed by atoms with Gasteiger partial charge in [-0.15, -0.1) is 0 Å². The van der Waals surface area contributed by atoms with Crippen molar-refractivity contribution in [3.8, 4) is 11.5 Å². The van der Waals surface area contributed by atoms with E-state index in [2.05, 4.69) is 20.7 Å². The third-order valence-electron chi connectivity index (χ3n) is 4.95. The minimum absolute atomic E-state index is 0.161. The first kappa shape index (κ1) is 22.7. The van der Waals surface area contributed by atoms with E-state index in [4.69, 9.17) is 4.74 Å². The van der Waals surface area contributed by atoms with Gasteiger partial charge in [0.05, 0.1) is 6.20 Å². The third kappa shape index (κ3) is 5.63. The van der Waals surface area contributed by atoms with Crippen molar-refractivity contribution in [1.29, 1.82) is 0 Å². The summed E-state index contributed by atoms with van der Waals surface area (Å²) in [7, 11) is 1.52. The number of ether oxygens (including phenoxy) is 1. The van der Waals surface area contributed by atoms with Gasteiger partial charge in [0.25, 0.3) is 11.5 Å². The monoisotopic (exact) mass is 459 g/mol. The molecule has 0 saturated heterocycles. The molecule has 0 aliphatic heterocycles. The van der Waals surface area contributed by atoms with Crippen LogP contribution in [0.5, 0.6) is 11.5 Å². The van der Waals surface area contributed by atoms with Crippen LogP contribution in [0, 0.1) is 5.82 Å². The normalized spacial score (nSPS) is 10.5. The molecular weight excluding hydrogens is 437 g/mol. The Labute approximate surface area is 195 Å². The smallest absolute Gasteiger partial charge is 0.294 e. The molecule has 2 heterocycles. The zero-order chi connectivity index (χ0) is 23.9. The van der Waals surface area contributed by atoms with Crippen molar-refractivity contribution in [2.75, 3.05) is 11.9 Å². The van der Waals surface area contributed by atoms with Crippen molar-refractivity contribution in [3.05, 3.63) is 107 Å². The Morgan fingerprint density at radius 3 is 2.53 bits per heavy atom. The molecule has 0 bridgehead atoms. The van der Waals surface area contributed by atoms with Crippen LogP contribution < -0.4 is 20.9 Å². The van der Waals surface area contributed by atoms with E-state index >= 15 is 0 Å². The van der Waals surface area contributed by atoms with E-state index in [1.807, 2.05) is 18.2 Å². The molecule has 4 rings (SSSR count). The van der Waals surface area contributed by atoms with Crippen LogP contribution in [0.15, 0.2) is 83.9 Å². The number of rotatable bonds is 8. The molecule has 9 heteroatoms. The zero-order valence-electron chi connectivity index (χ0n) is 18.4. The van der Waals surface area contributed by atoms with Crippen LogP contribution in [0.3, 0.4) is 0 Å². The van der Waals surface area contributed by atoms with Gasteiger partial charge in [0.1, 0.15) is 11.6 Å². The number of halogens is 1. The second-order valence-electron chi connectivity index (χ2n) is 7.40. The first-order valence-electron chi connectivity index (χ1n) is 10.5. The number of benzene rings is 2. The van der Waals surface area contributed by atoms with Crippen LogP contribution in [0.2, 0.25) is 0 Å². The van der Waals surface area contributed by atoms with Crippen molar-refractivity contribution in [2.24, 2.45) is 7.05 Å². The Balaban J connectivity index is 1.44. The molecule has 2 aromatic heterocycles. The molecule has 0 saturated carbocycles. The lowest BCUT2D eigenvalue weighted by Gasteiger charge is -2.13. The fraction of sp³-hybridized carbons (Fsp3) is 0.120. The molecule has 0 aliphatic rings. The van der Waals surface area contributed by atoms with Crippen LogP contribution in [-0.2, 0) is 13.5 Å². The van der Waals surface area contributed by atoms with E-state index in [1.54, 1.807) is 30.5 Å². The summed E-state index contributed by atoms with van der Waals surface area (Å²) in [6, 6.07) is 17.8. The molecule has 0 fully saturated rings. The van der Waals surface area contributed by atoms with Gasteiger partial charge >= 0.3 is 0 Å². The molecule has 0 unspecified atom stereocenters. The number of pyridine rings is 1.